The number of hydrogen-bond acceptors (Lipinski definition) is 5. The Kier molecular flexibility index (Phi) is 5.45. The molecule has 1 N–H and O–H groups in total. The van der Waals surface area contributed by atoms with Gasteiger partial charge in [-0.1, -0.05) is 11.8 Å². The van der Waals surface area contributed by atoms with Gasteiger partial charge in [-0.3, -0.25) is 4.79 Å². The Bertz CT molecular complexity index is 1030. The molecule has 146 valence electrons. The van der Waals surface area contributed by atoms with Crippen LogP contribution in [-0.4, -0.2) is 26.4 Å². The maximum absolute atomic E-state index is 13.6. The minimum Gasteiger partial charge on any atom is -0.323 e. The average molecular weight is 421 g/mol. The molecule has 9 heteroatoms. The van der Waals surface area contributed by atoms with Crippen molar-refractivity contribution in [1.82, 2.24) is 14.8 Å². The minimum atomic E-state index is -0.804. The molecule has 2 aromatic heterocycles. The van der Waals surface area contributed by atoms with Crippen LogP contribution in [0, 0.1) is 11.6 Å². The second-order valence-electron chi connectivity index (χ2n) is 6.58. The first-order valence-corrected chi connectivity index (χ1v) is 10.8. The van der Waals surface area contributed by atoms with E-state index in [0.29, 0.717) is 5.16 Å². The number of halogens is 2. The van der Waals surface area contributed by atoms with Crippen molar-refractivity contribution in [2.24, 2.45) is 7.05 Å². The second kappa shape index (κ2) is 8.00. The van der Waals surface area contributed by atoms with Crippen LogP contribution in [0.25, 0.3) is 11.4 Å². The molecule has 4 rings (SSSR count). The van der Waals surface area contributed by atoms with Gasteiger partial charge in [-0.2, -0.15) is 0 Å². The molecule has 0 atom stereocenters. The SMILES string of the molecule is Cn1c(SCC(=O)Nc2ccc(F)cc2F)nnc1-c1csc2c1CCCC2. The number of anilines is 1. The summed E-state index contributed by atoms with van der Waals surface area (Å²) in [6.45, 7) is 0. The summed E-state index contributed by atoms with van der Waals surface area (Å²) in [5, 5.41) is 13.7. The van der Waals surface area contributed by atoms with E-state index in [1.54, 1.807) is 11.3 Å². The standard InChI is InChI=1S/C19H18F2N4OS2/c1-25-18(13-9-27-16-5-3-2-4-12(13)16)23-24-19(25)28-10-17(26)22-15-7-6-11(20)8-14(15)21/h6-9H,2-5,10H2,1H3,(H,22,26). The van der Waals surface area contributed by atoms with E-state index in [4.69, 9.17) is 0 Å². The maximum atomic E-state index is 13.6. The Labute approximate surface area is 169 Å². The fourth-order valence-corrected chi connectivity index (χ4v) is 5.10. The van der Waals surface area contributed by atoms with Crippen LogP contribution < -0.4 is 5.32 Å². The number of aromatic nitrogens is 3. The van der Waals surface area contributed by atoms with E-state index in [1.165, 1.54) is 41.1 Å². The van der Waals surface area contributed by atoms with Crippen molar-refractivity contribution < 1.29 is 13.6 Å². The molecular formula is C19H18F2N4OS2. The van der Waals surface area contributed by atoms with E-state index < -0.39 is 17.5 Å². The van der Waals surface area contributed by atoms with E-state index in [-0.39, 0.29) is 11.4 Å². The van der Waals surface area contributed by atoms with E-state index in [9.17, 15) is 13.6 Å². The van der Waals surface area contributed by atoms with Crippen molar-refractivity contribution >= 4 is 34.7 Å². The average Bonchev–Trinajstić information content (AvgIpc) is 3.25. The normalized spacial score (nSPS) is 13.4. The lowest BCUT2D eigenvalue weighted by molar-refractivity contribution is -0.113. The lowest BCUT2D eigenvalue weighted by Crippen LogP contribution is -2.15. The summed E-state index contributed by atoms with van der Waals surface area (Å²) < 4.78 is 28.5. The molecule has 2 heterocycles. The first-order valence-electron chi connectivity index (χ1n) is 8.89. The Hall–Kier alpha value is -2.26. The van der Waals surface area contributed by atoms with Crippen LogP contribution in [-0.2, 0) is 24.7 Å². The molecule has 1 aliphatic carbocycles. The molecule has 0 fully saturated rings. The van der Waals surface area contributed by atoms with E-state index >= 15 is 0 Å². The molecule has 1 amide bonds. The number of hydrogen-bond donors (Lipinski definition) is 1. The highest BCUT2D eigenvalue weighted by Gasteiger charge is 2.21. The van der Waals surface area contributed by atoms with Gasteiger partial charge >= 0.3 is 0 Å². The third-order valence-electron chi connectivity index (χ3n) is 4.67. The van der Waals surface area contributed by atoms with Gasteiger partial charge in [0.2, 0.25) is 5.91 Å². The van der Waals surface area contributed by atoms with Crippen LogP contribution in [0.15, 0.2) is 28.7 Å². The zero-order valence-corrected chi connectivity index (χ0v) is 16.8. The van der Waals surface area contributed by atoms with Crippen molar-refractivity contribution in [1.29, 1.82) is 0 Å². The Morgan fingerprint density at radius 3 is 2.93 bits per heavy atom. The summed E-state index contributed by atoms with van der Waals surface area (Å²) in [7, 11) is 1.88. The van der Waals surface area contributed by atoms with Gasteiger partial charge in [-0.25, -0.2) is 8.78 Å². The van der Waals surface area contributed by atoms with Gasteiger partial charge in [0.25, 0.3) is 0 Å². The first-order chi connectivity index (χ1) is 13.5. The molecule has 0 saturated heterocycles. The molecule has 0 radical (unpaired) electrons. The quantitative estimate of drug-likeness (QED) is 0.621. The number of nitrogens with one attached hydrogen (secondary N) is 1. The summed E-state index contributed by atoms with van der Waals surface area (Å²) in [5.41, 5.74) is 2.45. The van der Waals surface area contributed by atoms with E-state index in [2.05, 4.69) is 20.9 Å². The molecular weight excluding hydrogens is 402 g/mol. The molecule has 0 saturated carbocycles. The fourth-order valence-electron chi connectivity index (χ4n) is 3.26. The Morgan fingerprint density at radius 2 is 2.11 bits per heavy atom. The maximum Gasteiger partial charge on any atom is 0.234 e. The molecule has 3 aromatic rings. The summed E-state index contributed by atoms with van der Waals surface area (Å²) in [4.78, 5) is 13.5. The number of nitrogens with zero attached hydrogens (tertiary/aromatic N) is 3. The molecule has 1 aromatic carbocycles. The van der Waals surface area contributed by atoms with Crippen LogP contribution in [0.1, 0.15) is 23.3 Å². The lowest BCUT2D eigenvalue weighted by Gasteiger charge is -2.12. The molecule has 28 heavy (non-hydrogen) atoms. The number of benzene rings is 1. The number of fused-ring (bicyclic) bond motifs is 1. The van der Waals surface area contributed by atoms with Gasteiger partial charge in [0.15, 0.2) is 11.0 Å². The van der Waals surface area contributed by atoms with Crippen molar-refractivity contribution in [3.63, 3.8) is 0 Å². The number of amides is 1. The fraction of sp³-hybridized carbons (Fsp3) is 0.316. The van der Waals surface area contributed by atoms with Gasteiger partial charge in [0.1, 0.15) is 11.6 Å². The van der Waals surface area contributed by atoms with Crippen LogP contribution in [0.5, 0.6) is 0 Å². The largest absolute Gasteiger partial charge is 0.323 e. The highest BCUT2D eigenvalue weighted by molar-refractivity contribution is 7.99. The molecule has 1 aliphatic rings. The Balaban J connectivity index is 1.43. The monoisotopic (exact) mass is 420 g/mol. The van der Waals surface area contributed by atoms with Gasteiger partial charge in [0, 0.05) is 28.9 Å². The number of carbonyl (C=O) groups excluding carboxylic acids is 1. The Morgan fingerprint density at radius 1 is 1.29 bits per heavy atom. The third-order valence-corrected chi connectivity index (χ3v) is 6.78. The highest BCUT2D eigenvalue weighted by atomic mass is 32.2. The first kappa shape index (κ1) is 19.1. The zero-order chi connectivity index (χ0) is 19.7. The second-order valence-corrected chi connectivity index (χ2v) is 8.49. The number of thioether (sulfide) groups is 1. The van der Waals surface area contributed by atoms with Crippen molar-refractivity contribution in [2.75, 3.05) is 11.1 Å². The molecule has 0 unspecified atom stereocenters. The molecule has 0 spiro atoms. The molecule has 0 bridgehead atoms. The summed E-state index contributed by atoms with van der Waals surface area (Å²) in [5.74, 6) is -1.04. The number of carbonyl (C=O) groups is 1. The van der Waals surface area contributed by atoms with Crippen LogP contribution >= 0.6 is 23.1 Å². The number of thiophene rings is 1. The van der Waals surface area contributed by atoms with Crippen LogP contribution in [0.2, 0.25) is 0 Å². The summed E-state index contributed by atoms with van der Waals surface area (Å²) >= 11 is 3.00. The topological polar surface area (TPSA) is 59.8 Å². The number of rotatable bonds is 5. The predicted octanol–water partition coefficient (Wildman–Crippen LogP) is 4.43. The number of aryl methyl sites for hydroxylation is 1. The van der Waals surface area contributed by atoms with Crippen molar-refractivity contribution in [3.05, 3.63) is 45.7 Å². The van der Waals surface area contributed by atoms with Crippen molar-refractivity contribution in [2.45, 2.75) is 30.8 Å². The van der Waals surface area contributed by atoms with Crippen molar-refractivity contribution in [3.8, 4) is 11.4 Å². The van der Waals surface area contributed by atoms with E-state index in [0.717, 1.165) is 36.4 Å². The molecule has 0 aliphatic heterocycles. The zero-order valence-electron chi connectivity index (χ0n) is 15.2. The van der Waals surface area contributed by atoms with Gasteiger partial charge in [0.05, 0.1) is 11.4 Å². The summed E-state index contributed by atoms with van der Waals surface area (Å²) in [6, 6.07) is 3.04. The summed E-state index contributed by atoms with van der Waals surface area (Å²) in [6.07, 6.45) is 4.61. The van der Waals surface area contributed by atoms with Crippen LogP contribution in [0.3, 0.4) is 0 Å². The van der Waals surface area contributed by atoms with Gasteiger partial charge in [-0.15, -0.1) is 21.5 Å². The van der Waals surface area contributed by atoms with Crippen LogP contribution in [0.4, 0.5) is 14.5 Å². The van der Waals surface area contributed by atoms with Gasteiger partial charge in [-0.05, 0) is 43.4 Å². The lowest BCUT2D eigenvalue weighted by atomic mass is 9.96. The minimum absolute atomic E-state index is 0.0458. The third kappa shape index (κ3) is 3.81. The smallest absolute Gasteiger partial charge is 0.234 e. The molecule has 5 nitrogen and oxygen atoms in total. The predicted molar refractivity (Wildman–Crippen MR) is 107 cm³/mol. The van der Waals surface area contributed by atoms with Gasteiger partial charge < -0.3 is 9.88 Å². The van der Waals surface area contributed by atoms with E-state index in [1.807, 2.05) is 11.6 Å². The highest BCUT2D eigenvalue weighted by Crippen LogP contribution is 2.36.